The Bertz CT molecular complexity index is 356. The second kappa shape index (κ2) is 4.96. The number of rotatable bonds is 2. The maximum absolute atomic E-state index is 14.4. The molecule has 0 spiro atoms. The van der Waals surface area contributed by atoms with Crippen LogP contribution in [0.2, 0.25) is 0 Å². The maximum Gasteiger partial charge on any atom is 0.141 e. The molecule has 0 aliphatic carbocycles. The van der Waals surface area contributed by atoms with Crippen LogP contribution < -0.4 is 5.32 Å². The molecule has 1 aliphatic heterocycles. The normalized spacial score (nSPS) is 23.1. The van der Waals surface area contributed by atoms with Gasteiger partial charge in [-0.1, -0.05) is 30.2 Å². The lowest BCUT2D eigenvalue weighted by Gasteiger charge is -2.27. The summed E-state index contributed by atoms with van der Waals surface area (Å²) in [5, 5.41) is 3.29. The third kappa shape index (κ3) is 2.43. The Kier molecular flexibility index (Phi) is 3.59. The van der Waals surface area contributed by atoms with Gasteiger partial charge in [-0.05, 0) is 44.4 Å². The molecule has 0 radical (unpaired) electrons. The molecule has 1 fully saturated rings. The first kappa shape index (κ1) is 11.6. The molecule has 1 aromatic rings. The van der Waals surface area contributed by atoms with Gasteiger partial charge in [0.25, 0.3) is 0 Å². The van der Waals surface area contributed by atoms with Crippen LogP contribution in [0.15, 0.2) is 18.2 Å². The second-order valence-electron chi connectivity index (χ2n) is 4.82. The molecule has 1 heterocycles. The molecule has 1 saturated heterocycles. The van der Waals surface area contributed by atoms with Gasteiger partial charge in [-0.3, -0.25) is 0 Å². The van der Waals surface area contributed by atoms with Gasteiger partial charge in [-0.2, -0.15) is 0 Å². The van der Waals surface area contributed by atoms with Crippen LogP contribution in [0.3, 0.4) is 0 Å². The largest absolute Gasteiger partial charge is 0.311 e. The van der Waals surface area contributed by atoms with Crippen molar-refractivity contribution in [2.75, 3.05) is 6.54 Å². The van der Waals surface area contributed by atoms with Gasteiger partial charge in [0.15, 0.2) is 0 Å². The van der Waals surface area contributed by atoms with E-state index in [0.29, 0.717) is 0 Å². The molecule has 88 valence electrons. The van der Waals surface area contributed by atoms with Gasteiger partial charge in [0.1, 0.15) is 6.17 Å². The Morgan fingerprint density at radius 3 is 2.81 bits per heavy atom. The number of piperidine rings is 1. The van der Waals surface area contributed by atoms with E-state index in [1.807, 2.05) is 32.0 Å². The van der Waals surface area contributed by atoms with Crippen LogP contribution in [0.25, 0.3) is 0 Å². The number of alkyl halides is 1. The van der Waals surface area contributed by atoms with E-state index in [4.69, 9.17) is 0 Å². The molecule has 0 aromatic heterocycles. The van der Waals surface area contributed by atoms with Gasteiger partial charge < -0.3 is 5.32 Å². The van der Waals surface area contributed by atoms with Gasteiger partial charge >= 0.3 is 0 Å². The van der Waals surface area contributed by atoms with E-state index in [0.717, 1.165) is 36.1 Å². The zero-order chi connectivity index (χ0) is 11.5. The Labute approximate surface area is 97.1 Å². The zero-order valence-corrected chi connectivity index (χ0v) is 10.1. The van der Waals surface area contributed by atoms with Crippen molar-refractivity contribution in [3.8, 4) is 0 Å². The monoisotopic (exact) mass is 221 g/mol. The van der Waals surface area contributed by atoms with Crippen LogP contribution in [-0.4, -0.2) is 12.6 Å². The third-order valence-electron chi connectivity index (χ3n) is 3.43. The minimum atomic E-state index is -0.861. The molecule has 0 amide bonds. The van der Waals surface area contributed by atoms with Crippen molar-refractivity contribution < 1.29 is 4.39 Å². The SMILES string of the molecule is Cc1ccc(C)c(C(F)C2CCCCN2)c1. The first-order valence-corrected chi connectivity index (χ1v) is 6.13. The fourth-order valence-electron chi connectivity index (χ4n) is 2.40. The Hall–Kier alpha value is -0.890. The lowest BCUT2D eigenvalue weighted by molar-refractivity contribution is 0.220. The molecule has 0 bridgehead atoms. The molecule has 16 heavy (non-hydrogen) atoms. The number of nitrogens with one attached hydrogen (secondary N) is 1. The second-order valence-corrected chi connectivity index (χ2v) is 4.82. The van der Waals surface area contributed by atoms with Gasteiger partial charge in [-0.25, -0.2) is 4.39 Å². The third-order valence-corrected chi connectivity index (χ3v) is 3.43. The van der Waals surface area contributed by atoms with Crippen molar-refractivity contribution >= 4 is 0 Å². The van der Waals surface area contributed by atoms with Crippen LogP contribution in [0, 0.1) is 13.8 Å². The first-order valence-electron chi connectivity index (χ1n) is 6.13. The van der Waals surface area contributed by atoms with Gasteiger partial charge in [0.05, 0.1) is 0 Å². The fourth-order valence-corrected chi connectivity index (χ4v) is 2.40. The van der Waals surface area contributed by atoms with Crippen molar-refractivity contribution in [3.05, 3.63) is 34.9 Å². The van der Waals surface area contributed by atoms with Gasteiger partial charge in [0, 0.05) is 6.04 Å². The van der Waals surface area contributed by atoms with E-state index in [1.165, 1.54) is 6.42 Å². The van der Waals surface area contributed by atoms with Crippen LogP contribution in [0.4, 0.5) is 4.39 Å². The van der Waals surface area contributed by atoms with E-state index >= 15 is 0 Å². The van der Waals surface area contributed by atoms with Crippen molar-refractivity contribution in [2.24, 2.45) is 0 Å². The summed E-state index contributed by atoms with van der Waals surface area (Å²) in [7, 11) is 0. The van der Waals surface area contributed by atoms with E-state index in [-0.39, 0.29) is 6.04 Å². The minimum absolute atomic E-state index is 0.00856. The molecule has 2 atom stereocenters. The van der Waals surface area contributed by atoms with Crippen LogP contribution in [0.5, 0.6) is 0 Å². The highest BCUT2D eigenvalue weighted by Crippen LogP contribution is 2.29. The number of benzene rings is 1. The van der Waals surface area contributed by atoms with Gasteiger partial charge in [-0.15, -0.1) is 0 Å². The minimum Gasteiger partial charge on any atom is -0.311 e. The van der Waals surface area contributed by atoms with Crippen molar-refractivity contribution in [3.63, 3.8) is 0 Å². The Balaban J connectivity index is 2.18. The molecule has 1 aliphatic rings. The molecule has 1 N–H and O–H groups in total. The van der Waals surface area contributed by atoms with E-state index < -0.39 is 6.17 Å². The van der Waals surface area contributed by atoms with Crippen LogP contribution in [0.1, 0.15) is 42.1 Å². The predicted octanol–water partition coefficient (Wildman–Crippen LogP) is 3.46. The smallest absolute Gasteiger partial charge is 0.141 e. The Morgan fingerprint density at radius 1 is 1.31 bits per heavy atom. The molecule has 1 nitrogen and oxygen atoms in total. The van der Waals surface area contributed by atoms with Gasteiger partial charge in [0.2, 0.25) is 0 Å². The van der Waals surface area contributed by atoms with Crippen molar-refractivity contribution in [2.45, 2.75) is 45.3 Å². The van der Waals surface area contributed by atoms with Crippen LogP contribution >= 0.6 is 0 Å². The molecule has 1 aromatic carbocycles. The molecule has 2 heteroatoms. The fraction of sp³-hybridized carbons (Fsp3) is 0.571. The number of hydrogen-bond acceptors (Lipinski definition) is 1. The highest BCUT2D eigenvalue weighted by molar-refractivity contribution is 5.33. The van der Waals surface area contributed by atoms with Crippen LogP contribution in [-0.2, 0) is 0 Å². The molecule has 0 saturated carbocycles. The topological polar surface area (TPSA) is 12.0 Å². The molecular weight excluding hydrogens is 201 g/mol. The van der Waals surface area contributed by atoms with Crippen molar-refractivity contribution in [1.82, 2.24) is 5.32 Å². The summed E-state index contributed by atoms with van der Waals surface area (Å²) in [6, 6.07) is 6.05. The summed E-state index contributed by atoms with van der Waals surface area (Å²) >= 11 is 0. The van der Waals surface area contributed by atoms with E-state index in [9.17, 15) is 4.39 Å². The summed E-state index contributed by atoms with van der Waals surface area (Å²) in [4.78, 5) is 0. The van der Waals surface area contributed by atoms with E-state index in [1.54, 1.807) is 0 Å². The summed E-state index contributed by atoms with van der Waals surface area (Å²) in [5.41, 5.74) is 3.06. The van der Waals surface area contributed by atoms with E-state index in [2.05, 4.69) is 5.32 Å². The summed E-state index contributed by atoms with van der Waals surface area (Å²) in [6.07, 6.45) is 2.41. The average Bonchev–Trinajstić information content (AvgIpc) is 2.32. The lowest BCUT2D eigenvalue weighted by atomic mass is 9.92. The quantitative estimate of drug-likeness (QED) is 0.806. The predicted molar refractivity (Wildman–Crippen MR) is 65.4 cm³/mol. The zero-order valence-electron chi connectivity index (χ0n) is 10.1. The Morgan fingerprint density at radius 2 is 2.12 bits per heavy atom. The molecular formula is C14H20FN. The number of halogens is 1. The molecule has 2 rings (SSSR count). The first-order chi connectivity index (χ1) is 7.68. The number of hydrogen-bond donors (Lipinski definition) is 1. The standard InChI is InChI=1S/C14H20FN/c1-10-6-7-11(2)12(9-10)14(15)13-5-3-4-8-16-13/h6-7,9,13-14,16H,3-5,8H2,1-2H3. The summed E-state index contributed by atoms with van der Waals surface area (Å²) in [6.45, 7) is 4.96. The maximum atomic E-state index is 14.4. The highest BCUT2D eigenvalue weighted by atomic mass is 19.1. The lowest BCUT2D eigenvalue weighted by Crippen LogP contribution is -2.37. The highest BCUT2D eigenvalue weighted by Gasteiger charge is 2.25. The molecule has 2 unspecified atom stereocenters. The number of aryl methyl sites for hydroxylation is 2. The summed E-state index contributed by atoms with van der Waals surface area (Å²) < 4.78 is 14.4. The average molecular weight is 221 g/mol. The van der Waals surface area contributed by atoms with Crippen molar-refractivity contribution in [1.29, 1.82) is 0 Å². The summed E-state index contributed by atoms with van der Waals surface area (Å²) in [5.74, 6) is 0.